The molecule has 2 rings (SSSR count). The van der Waals surface area contributed by atoms with E-state index in [4.69, 9.17) is 46.4 Å². The summed E-state index contributed by atoms with van der Waals surface area (Å²) in [7, 11) is 0. The molecule has 32 heavy (non-hydrogen) atoms. The highest BCUT2D eigenvalue weighted by molar-refractivity contribution is 7.99. The smallest absolute Gasteiger partial charge is 0.242 e. The van der Waals surface area contributed by atoms with Crippen molar-refractivity contribution in [3.63, 3.8) is 0 Å². The van der Waals surface area contributed by atoms with Crippen LogP contribution in [0.4, 0.5) is 0 Å². The summed E-state index contributed by atoms with van der Waals surface area (Å²) < 4.78 is 0. The Kier molecular flexibility index (Phi) is 11.0. The summed E-state index contributed by atoms with van der Waals surface area (Å²) >= 11 is 26.0. The summed E-state index contributed by atoms with van der Waals surface area (Å²) in [6, 6.07) is 9.86. The molecule has 0 saturated carbocycles. The normalized spacial score (nSPS) is 12.8. The van der Waals surface area contributed by atoms with Gasteiger partial charge < -0.3 is 10.2 Å². The zero-order chi connectivity index (χ0) is 23.8. The lowest BCUT2D eigenvalue weighted by atomic mass is 10.1. The predicted octanol–water partition coefficient (Wildman–Crippen LogP) is 6.87. The van der Waals surface area contributed by atoms with Gasteiger partial charge in [0.15, 0.2) is 0 Å². The van der Waals surface area contributed by atoms with E-state index in [1.165, 1.54) is 11.8 Å². The van der Waals surface area contributed by atoms with Crippen molar-refractivity contribution >= 4 is 70.0 Å². The van der Waals surface area contributed by atoms with Crippen LogP contribution in [-0.4, -0.2) is 34.6 Å². The van der Waals surface area contributed by atoms with Crippen molar-refractivity contribution in [2.75, 3.05) is 5.75 Å². The molecule has 0 radical (unpaired) electrons. The van der Waals surface area contributed by atoms with Crippen LogP contribution in [-0.2, 0) is 21.9 Å². The number of amides is 2. The van der Waals surface area contributed by atoms with Crippen molar-refractivity contribution < 1.29 is 9.59 Å². The zero-order valence-corrected chi connectivity index (χ0v) is 22.0. The number of halogens is 4. The second-order valence-electron chi connectivity index (χ2n) is 7.46. The maximum atomic E-state index is 13.2. The van der Waals surface area contributed by atoms with Gasteiger partial charge in [-0.25, -0.2) is 0 Å². The van der Waals surface area contributed by atoms with E-state index in [9.17, 15) is 9.59 Å². The Labute approximate surface area is 213 Å². The Bertz CT molecular complexity index is 937. The third-order valence-corrected chi connectivity index (χ3v) is 7.43. The quantitative estimate of drug-likeness (QED) is 0.361. The Morgan fingerprint density at radius 3 is 2.25 bits per heavy atom. The van der Waals surface area contributed by atoms with Crippen molar-refractivity contribution in [2.24, 2.45) is 0 Å². The number of hydrogen-bond acceptors (Lipinski definition) is 3. The lowest BCUT2D eigenvalue weighted by Crippen LogP contribution is -2.50. The van der Waals surface area contributed by atoms with Crippen LogP contribution in [0.3, 0.4) is 0 Å². The Balaban J connectivity index is 2.15. The number of nitrogens with zero attached hydrogens (tertiary/aromatic N) is 1. The van der Waals surface area contributed by atoms with Crippen molar-refractivity contribution in [3.8, 4) is 0 Å². The molecular weight excluding hydrogens is 510 g/mol. The highest BCUT2D eigenvalue weighted by Crippen LogP contribution is 2.29. The minimum Gasteiger partial charge on any atom is -0.352 e. The van der Waals surface area contributed by atoms with Crippen LogP contribution in [0, 0.1) is 0 Å². The first-order valence-electron chi connectivity index (χ1n) is 10.2. The van der Waals surface area contributed by atoms with Gasteiger partial charge in [0.25, 0.3) is 0 Å². The Morgan fingerprint density at radius 1 is 1.00 bits per heavy atom. The van der Waals surface area contributed by atoms with E-state index in [-0.39, 0.29) is 30.2 Å². The van der Waals surface area contributed by atoms with Crippen molar-refractivity contribution in [1.29, 1.82) is 0 Å². The molecule has 0 spiro atoms. The number of rotatable bonds is 10. The molecule has 0 saturated heterocycles. The van der Waals surface area contributed by atoms with Gasteiger partial charge in [0.05, 0.1) is 15.8 Å². The minimum atomic E-state index is -0.657. The Hall–Kier alpha value is -1.11. The molecule has 2 aromatic carbocycles. The van der Waals surface area contributed by atoms with Crippen LogP contribution < -0.4 is 5.32 Å². The van der Waals surface area contributed by atoms with E-state index >= 15 is 0 Å². The van der Waals surface area contributed by atoms with E-state index in [1.807, 2.05) is 13.8 Å². The molecular formula is C23H26Cl4N2O2S. The predicted molar refractivity (Wildman–Crippen MR) is 137 cm³/mol. The number of hydrogen-bond donors (Lipinski definition) is 1. The third-order valence-electron chi connectivity index (χ3n) is 5.04. The lowest BCUT2D eigenvalue weighted by molar-refractivity contribution is -0.138. The van der Waals surface area contributed by atoms with Gasteiger partial charge >= 0.3 is 0 Å². The van der Waals surface area contributed by atoms with Gasteiger partial charge in [-0.1, -0.05) is 65.5 Å². The molecule has 2 amide bonds. The second kappa shape index (κ2) is 13.0. The van der Waals surface area contributed by atoms with E-state index in [2.05, 4.69) is 5.32 Å². The molecule has 0 unspecified atom stereocenters. The van der Waals surface area contributed by atoms with Gasteiger partial charge in [0.2, 0.25) is 11.8 Å². The monoisotopic (exact) mass is 534 g/mol. The van der Waals surface area contributed by atoms with Gasteiger partial charge in [0, 0.05) is 28.4 Å². The summed E-state index contributed by atoms with van der Waals surface area (Å²) in [6.45, 7) is 5.88. The van der Waals surface area contributed by atoms with Crippen LogP contribution in [0.15, 0.2) is 36.4 Å². The summed E-state index contributed by atoms with van der Waals surface area (Å²) in [6.07, 6.45) is 0.799. The van der Waals surface area contributed by atoms with E-state index < -0.39 is 6.04 Å². The number of carbonyl (C=O) groups is 2. The summed E-state index contributed by atoms with van der Waals surface area (Å²) in [5.41, 5.74) is 1.57. The molecule has 0 bridgehead atoms. The molecule has 0 aliphatic rings. The van der Waals surface area contributed by atoms with Crippen LogP contribution >= 0.6 is 58.2 Å². The molecule has 9 heteroatoms. The lowest BCUT2D eigenvalue weighted by Gasteiger charge is -2.29. The van der Waals surface area contributed by atoms with E-state index in [1.54, 1.807) is 48.2 Å². The second-order valence-corrected chi connectivity index (χ2v) is 10.1. The van der Waals surface area contributed by atoms with Crippen molar-refractivity contribution in [3.05, 3.63) is 67.6 Å². The first-order chi connectivity index (χ1) is 15.1. The van der Waals surface area contributed by atoms with Crippen molar-refractivity contribution in [2.45, 2.75) is 51.6 Å². The highest BCUT2D eigenvalue weighted by atomic mass is 35.5. The maximum Gasteiger partial charge on any atom is 0.242 e. The molecule has 0 aromatic heterocycles. The number of nitrogens with one attached hydrogen (secondary N) is 1. The summed E-state index contributed by atoms with van der Waals surface area (Å²) in [4.78, 5) is 27.5. The molecule has 174 valence electrons. The Morgan fingerprint density at radius 2 is 1.66 bits per heavy atom. The summed E-state index contributed by atoms with van der Waals surface area (Å²) in [5, 5.41) is 4.90. The van der Waals surface area contributed by atoms with E-state index in [0.717, 1.165) is 17.5 Å². The number of thioether (sulfide) groups is 1. The van der Waals surface area contributed by atoms with Gasteiger partial charge in [-0.15, -0.1) is 11.8 Å². The molecule has 2 atom stereocenters. The molecule has 4 nitrogen and oxygen atoms in total. The maximum absolute atomic E-state index is 13.2. The SMILES string of the molecule is CC[C@H](C)NC(=O)[C@H](C)N(Cc1ccc(Cl)c(Cl)c1)C(=O)CSCc1c(Cl)cccc1Cl. The van der Waals surface area contributed by atoms with Gasteiger partial charge in [-0.3, -0.25) is 9.59 Å². The number of carbonyl (C=O) groups excluding carboxylic acids is 2. The summed E-state index contributed by atoms with van der Waals surface area (Å²) in [5.74, 6) is 0.283. The highest BCUT2D eigenvalue weighted by Gasteiger charge is 2.27. The molecule has 1 N–H and O–H groups in total. The van der Waals surface area contributed by atoms with Gasteiger partial charge in [-0.05, 0) is 55.7 Å². The van der Waals surface area contributed by atoms with Crippen LogP contribution in [0.2, 0.25) is 20.1 Å². The van der Waals surface area contributed by atoms with Gasteiger partial charge in [-0.2, -0.15) is 0 Å². The third kappa shape index (κ3) is 7.74. The van der Waals surface area contributed by atoms with E-state index in [0.29, 0.717) is 25.8 Å². The molecule has 0 heterocycles. The zero-order valence-electron chi connectivity index (χ0n) is 18.1. The fraction of sp³-hybridized carbons (Fsp3) is 0.391. The molecule has 0 aliphatic carbocycles. The average Bonchev–Trinajstić information content (AvgIpc) is 2.75. The topological polar surface area (TPSA) is 49.4 Å². The first-order valence-corrected chi connectivity index (χ1v) is 12.8. The van der Waals surface area contributed by atoms with Crippen molar-refractivity contribution in [1.82, 2.24) is 10.2 Å². The largest absolute Gasteiger partial charge is 0.352 e. The van der Waals surface area contributed by atoms with Crippen LogP contribution in [0.25, 0.3) is 0 Å². The van der Waals surface area contributed by atoms with Crippen LogP contribution in [0.1, 0.15) is 38.3 Å². The molecule has 2 aromatic rings. The molecule has 0 aliphatic heterocycles. The fourth-order valence-corrected chi connectivity index (χ4v) is 4.84. The average molecular weight is 536 g/mol. The minimum absolute atomic E-state index is 0.0172. The standard InChI is InChI=1S/C23H26Cl4N2O2S/c1-4-14(2)28-23(31)15(3)29(11-16-8-9-20(26)21(27)10-16)22(30)13-32-12-17-18(24)6-5-7-19(17)25/h5-10,14-15H,4,11-13H2,1-3H3,(H,28,31)/t14-,15-/m0/s1. The van der Waals surface area contributed by atoms with Gasteiger partial charge in [0.1, 0.15) is 6.04 Å². The fourth-order valence-electron chi connectivity index (χ4n) is 2.88. The molecule has 0 fully saturated rings. The van der Waals surface area contributed by atoms with Crippen LogP contribution in [0.5, 0.6) is 0 Å². The number of benzene rings is 2. The first kappa shape index (κ1) is 27.1.